The predicted octanol–water partition coefficient (Wildman–Crippen LogP) is -3.99. The van der Waals surface area contributed by atoms with Gasteiger partial charge in [-0.1, -0.05) is 17.8 Å². The van der Waals surface area contributed by atoms with Gasteiger partial charge in [0.15, 0.2) is 0 Å². The van der Waals surface area contributed by atoms with Crippen molar-refractivity contribution in [3.8, 4) is 0 Å². The molecule has 0 spiro atoms. The molecule has 0 aromatic carbocycles. The van der Waals surface area contributed by atoms with Crippen molar-refractivity contribution in [2.24, 2.45) is 7.05 Å². The number of fused-ring (bicyclic) bond motifs is 1. The summed E-state index contributed by atoms with van der Waals surface area (Å²) in [7, 11) is 1.68. The molecule has 0 radical (unpaired) electrons. The van der Waals surface area contributed by atoms with Crippen LogP contribution >= 0.6 is 34.9 Å². The van der Waals surface area contributed by atoms with E-state index in [2.05, 4.69) is 20.8 Å². The third-order valence-corrected chi connectivity index (χ3v) is 7.74. The first-order valence-electron chi connectivity index (χ1n) is 8.50. The summed E-state index contributed by atoms with van der Waals surface area (Å²) in [5.41, 5.74) is 0.445. The van der Waals surface area contributed by atoms with Crippen LogP contribution in [0.2, 0.25) is 0 Å². The summed E-state index contributed by atoms with van der Waals surface area (Å²) in [4.78, 5) is 38.7. The molecular weight excluding hydrogens is 459 g/mol. The van der Waals surface area contributed by atoms with E-state index in [-0.39, 0.29) is 47.6 Å². The number of thioether (sulfide) groups is 2. The van der Waals surface area contributed by atoms with E-state index < -0.39 is 23.3 Å². The van der Waals surface area contributed by atoms with Crippen LogP contribution in [0.15, 0.2) is 33.9 Å². The maximum Gasteiger partial charge on any atom is 1.00 e. The molecule has 152 valence electrons. The fraction of sp³-hybridized carbons (Fsp3) is 0.375. The monoisotopic (exact) mass is 474 g/mol. The van der Waals surface area contributed by atoms with Crippen LogP contribution in [0.5, 0.6) is 0 Å². The van der Waals surface area contributed by atoms with Crippen molar-refractivity contribution in [3.63, 3.8) is 0 Å². The second-order valence-corrected chi connectivity index (χ2v) is 9.40. The third kappa shape index (κ3) is 4.60. The van der Waals surface area contributed by atoms with Crippen molar-refractivity contribution < 1.29 is 49.0 Å². The van der Waals surface area contributed by atoms with Gasteiger partial charge in [0.25, 0.3) is 5.91 Å². The molecule has 1 saturated heterocycles. The minimum atomic E-state index is -1.40. The number of amides is 2. The van der Waals surface area contributed by atoms with Gasteiger partial charge in [-0.05, 0) is 27.4 Å². The van der Waals surface area contributed by atoms with Crippen molar-refractivity contribution in [2.75, 3.05) is 11.5 Å². The van der Waals surface area contributed by atoms with E-state index in [1.165, 1.54) is 44.4 Å². The second-order valence-electron chi connectivity index (χ2n) is 6.32. The molecule has 4 rings (SSSR count). The largest absolute Gasteiger partial charge is 1.00 e. The molecule has 0 saturated carbocycles. The second kappa shape index (κ2) is 9.83. The Morgan fingerprint density at radius 1 is 1.43 bits per heavy atom. The SMILES string of the molecule is Cn1nnnc1SCC1=C(C(=O)[O-])N2C(=O)C(NC(=O)Cc3cccs3)[C@@H]2SC1.[Na+]. The van der Waals surface area contributed by atoms with E-state index in [1.54, 1.807) is 7.05 Å². The summed E-state index contributed by atoms with van der Waals surface area (Å²) in [6.45, 7) is 0. The molecule has 0 bridgehead atoms. The molecule has 1 fully saturated rings. The summed E-state index contributed by atoms with van der Waals surface area (Å²) in [6.07, 6.45) is 0.190. The molecule has 1 unspecified atom stereocenters. The molecule has 0 aliphatic carbocycles. The first kappa shape index (κ1) is 23.3. The number of carboxylic acid groups (broad SMARTS) is 1. The van der Waals surface area contributed by atoms with E-state index in [0.717, 1.165) is 4.88 Å². The Kier molecular flexibility index (Phi) is 7.63. The Morgan fingerprint density at radius 3 is 2.87 bits per heavy atom. The van der Waals surface area contributed by atoms with Crippen LogP contribution in [0.25, 0.3) is 0 Å². The number of rotatable bonds is 7. The fourth-order valence-corrected chi connectivity index (χ4v) is 6.11. The molecule has 10 nitrogen and oxygen atoms in total. The van der Waals surface area contributed by atoms with E-state index >= 15 is 0 Å². The van der Waals surface area contributed by atoms with E-state index in [4.69, 9.17) is 0 Å². The van der Waals surface area contributed by atoms with Crippen molar-refractivity contribution in [2.45, 2.75) is 23.0 Å². The maximum atomic E-state index is 12.6. The van der Waals surface area contributed by atoms with E-state index in [0.29, 0.717) is 22.2 Å². The summed E-state index contributed by atoms with van der Waals surface area (Å²) in [5, 5.41) is 27.6. The van der Waals surface area contributed by atoms with E-state index in [9.17, 15) is 19.5 Å². The predicted molar refractivity (Wildman–Crippen MR) is 105 cm³/mol. The Bertz CT molecular complexity index is 995. The van der Waals surface area contributed by atoms with Gasteiger partial charge in [0.05, 0.1) is 18.1 Å². The molecule has 4 heterocycles. The number of aromatic nitrogens is 4. The van der Waals surface area contributed by atoms with Crippen LogP contribution in [0.1, 0.15) is 4.88 Å². The van der Waals surface area contributed by atoms with Crippen molar-refractivity contribution in [3.05, 3.63) is 33.7 Å². The molecule has 2 aromatic rings. The number of carbonyl (C=O) groups excluding carboxylic acids is 3. The number of β-lactam (4-membered cyclic amide) rings is 1. The maximum absolute atomic E-state index is 12.6. The fourth-order valence-electron chi connectivity index (χ4n) is 3.07. The van der Waals surface area contributed by atoms with Crippen LogP contribution in [-0.4, -0.2) is 65.8 Å². The summed E-state index contributed by atoms with van der Waals surface area (Å²) >= 11 is 4.16. The molecule has 2 amide bonds. The van der Waals surface area contributed by atoms with Gasteiger partial charge in [-0.15, -0.1) is 28.2 Å². The smallest absolute Gasteiger partial charge is 0.543 e. The minimum Gasteiger partial charge on any atom is -0.543 e. The van der Waals surface area contributed by atoms with Gasteiger partial charge in [0, 0.05) is 23.4 Å². The Hall–Kier alpha value is -1.38. The number of tetrazole rings is 1. The quantitative estimate of drug-likeness (QED) is 0.242. The number of carboxylic acids is 1. The van der Waals surface area contributed by atoms with Crippen LogP contribution in [0, 0.1) is 0 Å². The molecule has 30 heavy (non-hydrogen) atoms. The Labute approximate surface area is 206 Å². The van der Waals surface area contributed by atoms with Crippen LogP contribution in [0.4, 0.5) is 0 Å². The van der Waals surface area contributed by atoms with E-state index in [1.807, 2.05) is 17.5 Å². The molecule has 2 atom stereocenters. The van der Waals surface area contributed by atoms with Gasteiger partial charge in [-0.2, -0.15) is 0 Å². The number of hydrogen-bond acceptors (Lipinski definition) is 10. The Morgan fingerprint density at radius 2 is 2.23 bits per heavy atom. The molecule has 2 aromatic heterocycles. The van der Waals surface area contributed by atoms with Gasteiger partial charge in [0.2, 0.25) is 11.1 Å². The number of hydrogen-bond donors (Lipinski definition) is 1. The molecule has 14 heteroatoms. The zero-order valence-electron chi connectivity index (χ0n) is 16.1. The van der Waals surface area contributed by atoms with Crippen LogP contribution in [-0.2, 0) is 27.9 Å². The zero-order valence-corrected chi connectivity index (χ0v) is 20.6. The number of thiophene rings is 1. The van der Waals surface area contributed by atoms with Gasteiger partial charge in [-0.25, -0.2) is 4.68 Å². The summed E-state index contributed by atoms with van der Waals surface area (Å²) in [5.74, 6) is -1.38. The van der Waals surface area contributed by atoms with Crippen molar-refractivity contribution in [1.82, 2.24) is 30.4 Å². The summed E-state index contributed by atoms with van der Waals surface area (Å²) < 4.78 is 1.48. The zero-order chi connectivity index (χ0) is 20.5. The number of nitrogens with one attached hydrogen (secondary N) is 1. The Balaban J connectivity index is 0.00000256. The average molecular weight is 475 g/mol. The molecular formula is C16H15N6NaO4S3. The van der Waals surface area contributed by atoms with Crippen LogP contribution in [0.3, 0.4) is 0 Å². The number of aryl methyl sites for hydroxylation is 1. The minimum absolute atomic E-state index is 0. The number of nitrogens with zero attached hydrogens (tertiary/aromatic N) is 5. The van der Waals surface area contributed by atoms with Crippen LogP contribution < -0.4 is 40.0 Å². The first-order valence-corrected chi connectivity index (χ1v) is 11.4. The van der Waals surface area contributed by atoms with Gasteiger partial charge in [0.1, 0.15) is 11.4 Å². The van der Waals surface area contributed by atoms with Crippen molar-refractivity contribution >= 4 is 52.6 Å². The van der Waals surface area contributed by atoms with Gasteiger partial charge < -0.3 is 15.2 Å². The van der Waals surface area contributed by atoms with Crippen molar-refractivity contribution in [1.29, 1.82) is 0 Å². The first-order chi connectivity index (χ1) is 14.0. The van der Waals surface area contributed by atoms with Gasteiger partial charge in [-0.3, -0.25) is 14.5 Å². The number of carbonyl (C=O) groups is 3. The number of aliphatic carboxylic acids is 1. The summed E-state index contributed by atoms with van der Waals surface area (Å²) in [6, 6.07) is 2.97. The third-order valence-electron chi connectivity index (χ3n) is 4.43. The van der Waals surface area contributed by atoms with Gasteiger partial charge >= 0.3 is 29.6 Å². The average Bonchev–Trinajstić information content (AvgIpc) is 3.35. The molecule has 1 N–H and O–H groups in total. The standard InChI is InChI=1S/C16H16N6O4S3.Na/c1-21-16(18-19-20-21)29-7-8-6-28-14-11(13(24)22(14)12(8)15(25)26)17-10(23)5-9-3-2-4-27-9;/h2-4,11,14H,5-7H2,1H3,(H,17,23)(H,25,26);/q;+1/p-1/t11?,14-;/m0./s1. The normalized spacial score (nSPS) is 20.3. The molecule has 2 aliphatic rings. The topological polar surface area (TPSA) is 133 Å². The molecule has 2 aliphatic heterocycles.